The van der Waals surface area contributed by atoms with Crippen molar-refractivity contribution in [1.29, 1.82) is 0 Å². The zero-order valence-electron chi connectivity index (χ0n) is 14.4. The topological polar surface area (TPSA) is 76.7 Å². The number of ether oxygens (including phenoxy) is 2. The van der Waals surface area contributed by atoms with Crippen LogP contribution in [0.15, 0.2) is 36.4 Å². The zero-order valence-corrected chi connectivity index (χ0v) is 14.4. The van der Waals surface area contributed by atoms with Gasteiger partial charge >= 0.3 is 6.61 Å². The van der Waals surface area contributed by atoms with Gasteiger partial charge in [0.15, 0.2) is 11.5 Å². The lowest BCUT2D eigenvalue weighted by atomic mass is 10.1. The van der Waals surface area contributed by atoms with Gasteiger partial charge in [-0.05, 0) is 48.9 Å². The molecule has 2 aromatic rings. The molecular formula is C18H18F2N2O4. The van der Waals surface area contributed by atoms with Gasteiger partial charge in [-0.2, -0.15) is 8.78 Å². The molecule has 0 atom stereocenters. The van der Waals surface area contributed by atoms with Gasteiger partial charge in [-0.3, -0.25) is 9.59 Å². The molecule has 0 radical (unpaired) electrons. The van der Waals surface area contributed by atoms with Crippen molar-refractivity contribution in [3.8, 4) is 11.5 Å². The van der Waals surface area contributed by atoms with Crippen molar-refractivity contribution in [1.82, 2.24) is 0 Å². The largest absolute Gasteiger partial charge is 0.493 e. The lowest BCUT2D eigenvalue weighted by Gasteiger charge is -2.12. The van der Waals surface area contributed by atoms with Crippen LogP contribution in [0.25, 0.3) is 0 Å². The van der Waals surface area contributed by atoms with Crippen molar-refractivity contribution >= 4 is 23.2 Å². The van der Waals surface area contributed by atoms with Crippen molar-refractivity contribution in [3.05, 3.63) is 47.5 Å². The smallest absolute Gasteiger partial charge is 0.387 e. The Morgan fingerprint density at radius 1 is 1.04 bits per heavy atom. The summed E-state index contributed by atoms with van der Waals surface area (Å²) < 4.78 is 34.0. The second-order valence-corrected chi connectivity index (χ2v) is 5.41. The van der Waals surface area contributed by atoms with Gasteiger partial charge in [-0.1, -0.05) is 0 Å². The Morgan fingerprint density at radius 3 is 2.35 bits per heavy atom. The number of carbonyl (C=O) groups excluding carboxylic acids is 2. The minimum atomic E-state index is -2.99. The van der Waals surface area contributed by atoms with Crippen molar-refractivity contribution < 1.29 is 27.8 Å². The lowest BCUT2D eigenvalue weighted by Crippen LogP contribution is -2.13. The maximum absolute atomic E-state index is 12.4. The molecular weight excluding hydrogens is 346 g/mol. The van der Waals surface area contributed by atoms with E-state index in [0.29, 0.717) is 11.4 Å². The van der Waals surface area contributed by atoms with E-state index in [1.165, 1.54) is 32.2 Å². The first-order valence-electron chi connectivity index (χ1n) is 7.62. The van der Waals surface area contributed by atoms with Crippen LogP contribution in [-0.2, 0) is 4.79 Å². The van der Waals surface area contributed by atoms with Crippen LogP contribution in [0.5, 0.6) is 11.5 Å². The van der Waals surface area contributed by atoms with Crippen LogP contribution in [-0.4, -0.2) is 25.5 Å². The van der Waals surface area contributed by atoms with Crippen LogP contribution < -0.4 is 20.1 Å². The zero-order chi connectivity index (χ0) is 19.3. The van der Waals surface area contributed by atoms with E-state index in [0.717, 1.165) is 5.56 Å². The molecule has 0 aromatic heterocycles. The normalized spacial score (nSPS) is 10.4. The van der Waals surface area contributed by atoms with Gasteiger partial charge in [0.05, 0.1) is 7.11 Å². The van der Waals surface area contributed by atoms with Crippen molar-refractivity contribution in [2.75, 3.05) is 17.7 Å². The fraction of sp³-hybridized carbons (Fsp3) is 0.222. The molecule has 0 saturated heterocycles. The number of benzene rings is 2. The molecule has 138 valence electrons. The Bertz CT molecular complexity index is 825. The number of hydrogen-bond donors (Lipinski definition) is 2. The number of rotatable bonds is 6. The summed E-state index contributed by atoms with van der Waals surface area (Å²) in [5, 5.41) is 5.37. The molecule has 0 saturated carbocycles. The Labute approximate surface area is 149 Å². The second-order valence-electron chi connectivity index (χ2n) is 5.41. The summed E-state index contributed by atoms with van der Waals surface area (Å²) in [6, 6.07) is 8.92. The van der Waals surface area contributed by atoms with Gasteiger partial charge in [0, 0.05) is 23.9 Å². The Balaban J connectivity index is 2.17. The van der Waals surface area contributed by atoms with Gasteiger partial charge < -0.3 is 20.1 Å². The van der Waals surface area contributed by atoms with E-state index >= 15 is 0 Å². The molecule has 2 rings (SSSR count). The van der Waals surface area contributed by atoms with Crippen molar-refractivity contribution in [2.24, 2.45) is 0 Å². The predicted octanol–water partition coefficient (Wildman–Crippen LogP) is 3.82. The average Bonchev–Trinajstić information content (AvgIpc) is 2.56. The molecule has 0 fully saturated rings. The minimum absolute atomic E-state index is 0.0233. The highest BCUT2D eigenvalue weighted by atomic mass is 19.3. The SMILES string of the molecule is COc1cc(C(=O)Nc2ccc(NC(C)=O)c(C)c2)ccc1OC(F)F. The standard InChI is InChI=1S/C18H18F2N2O4/c1-10-8-13(5-6-14(10)21-11(2)23)22-17(24)12-4-7-15(26-18(19)20)16(9-12)25-3/h4-9,18H,1-3H3,(H,21,23)(H,22,24). The quantitative estimate of drug-likeness (QED) is 0.817. The Kier molecular flexibility index (Phi) is 6.11. The highest BCUT2D eigenvalue weighted by Gasteiger charge is 2.14. The first kappa shape index (κ1) is 19.2. The molecule has 0 aliphatic rings. The first-order chi connectivity index (χ1) is 12.3. The van der Waals surface area contributed by atoms with Crippen LogP contribution >= 0.6 is 0 Å². The van der Waals surface area contributed by atoms with E-state index in [9.17, 15) is 18.4 Å². The third-order valence-electron chi connectivity index (χ3n) is 3.44. The van der Waals surface area contributed by atoms with Gasteiger partial charge in [0.1, 0.15) is 0 Å². The van der Waals surface area contributed by atoms with Crippen molar-refractivity contribution in [2.45, 2.75) is 20.5 Å². The molecule has 8 heteroatoms. The molecule has 2 aromatic carbocycles. The molecule has 0 aliphatic carbocycles. The van der Waals surface area contributed by atoms with Crippen LogP contribution in [0, 0.1) is 6.92 Å². The van der Waals surface area contributed by atoms with Crippen LogP contribution in [0.3, 0.4) is 0 Å². The van der Waals surface area contributed by atoms with Crippen molar-refractivity contribution in [3.63, 3.8) is 0 Å². The second kappa shape index (κ2) is 8.28. The number of methoxy groups -OCH3 is 1. The number of amides is 2. The number of carbonyl (C=O) groups is 2. The molecule has 2 amide bonds. The summed E-state index contributed by atoms with van der Waals surface area (Å²) in [5.41, 5.74) is 2.16. The van der Waals surface area contributed by atoms with E-state index in [4.69, 9.17) is 4.74 Å². The summed E-state index contributed by atoms with van der Waals surface area (Å²) in [4.78, 5) is 23.5. The van der Waals surface area contributed by atoms with E-state index in [1.54, 1.807) is 25.1 Å². The summed E-state index contributed by atoms with van der Waals surface area (Å²) in [6.07, 6.45) is 0. The van der Waals surface area contributed by atoms with Gasteiger partial charge in [0.2, 0.25) is 5.91 Å². The number of halogens is 2. The van der Waals surface area contributed by atoms with E-state index in [1.807, 2.05) is 0 Å². The molecule has 0 bridgehead atoms. The molecule has 2 N–H and O–H groups in total. The predicted molar refractivity (Wildman–Crippen MR) is 93.1 cm³/mol. The fourth-order valence-electron chi connectivity index (χ4n) is 2.28. The Morgan fingerprint density at radius 2 is 1.77 bits per heavy atom. The third-order valence-corrected chi connectivity index (χ3v) is 3.44. The number of hydrogen-bond acceptors (Lipinski definition) is 4. The maximum atomic E-state index is 12.4. The van der Waals surface area contributed by atoms with E-state index < -0.39 is 12.5 Å². The van der Waals surface area contributed by atoms with Crippen LogP contribution in [0.4, 0.5) is 20.2 Å². The molecule has 0 heterocycles. The Hall–Kier alpha value is -3.16. The summed E-state index contributed by atoms with van der Waals surface area (Å²) in [5.74, 6) is -0.772. The van der Waals surface area contributed by atoms with Gasteiger partial charge in [-0.15, -0.1) is 0 Å². The molecule has 6 nitrogen and oxygen atoms in total. The number of alkyl halides is 2. The monoisotopic (exact) mass is 364 g/mol. The third kappa shape index (κ3) is 4.92. The highest BCUT2D eigenvalue weighted by Crippen LogP contribution is 2.30. The van der Waals surface area contributed by atoms with E-state index in [-0.39, 0.29) is 23.0 Å². The lowest BCUT2D eigenvalue weighted by molar-refractivity contribution is -0.114. The maximum Gasteiger partial charge on any atom is 0.387 e. The van der Waals surface area contributed by atoms with Crippen LogP contribution in [0.1, 0.15) is 22.8 Å². The number of aryl methyl sites for hydroxylation is 1. The number of anilines is 2. The average molecular weight is 364 g/mol. The molecule has 0 aliphatic heterocycles. The summed E-state index contributed by atoms with van der Waals surface area (Å²) in [7, 11) is 1.29. The van der Waals surface area contributed by atoms with E-state index in [2.05, 4.69) is 15.4 Å². The minimum Gasteiger partial charge on any atom is -0.493 e. The molecule has 0 spiro atoms. The van der Waals surface area contributed by atoms with Gasteiger partial charge in [-0.25, -0.2) is 0 Å². The first-order valence-corrected chi connectivity index (χ1v) is 7.62. The summed E-state index contributed by atoms with van der Waals surface area (Å²) >= 11 is 0. The molecule has 0 unspecified atom stereocenters. The van der Waals surface area contributed by atoms with Gasteiger partial charge in [0.25, 0.3) is 5.91 Å². The molecule has 26 heavy (non-hydrogen) atoms. The fourth-order valence-corrected chi connectivity index (χ4v) is 2.28. The number of nitrogens with one attached hydrogen (secondary N) is 2. The summed E-state index contributed by atoms with van der Waals surface area (Å²) in [6.45, 7) is 0.207. The van der Waals surface area contributed by atoms with Crippen LogP contribution in [0.2, 0.25) is 0 Å². The highest BCUT2D eigenvalue weighted by molar-refractivity contribution is 6.05.